The van der Waals surface area contributed by atoms with Crippen LogP contribution >= 0.6 is 0 Å². The molecule has 1 fully saturated rings. The Morgan fingerprint density at radius 2 is 1.28 bits per heavy atom. The van der Waals surface area contributed by atoms with Crippen LogP contribution in [0.4, 0.5) is 0 Å². The molecule has 3 aromatic rings. The summed E-state index contributed by atoms with van der Waals surface area (Å²) in [5, 5.41) is 16.3. The fraction of sp³-hybridized carbons (Fsp3) is 0.379. The number of ether oxygens (including phenoxy) is 5. The first-order valence-electron chi connectivity index (χ1n) is 12.0. The molecule has 0 radical (unpaired) electrons. The molecule has 36 heavy (non-hydrogen) atoms. The zero-order valence-electron chi connectivity index (χ0n) is 21.7. The van der Waals surface area contributed by atoms with Gasteiger partial charge in [0.05, 0.1) is 41.2 Å². The Morgan fingerprint density at radius 3 is 1.86 bits per heavy atom. The number of methoxy groups -OCH3 is 5. The smallest absolute Gasteiger partial charge is 0.124 e. The molecule has 0 unspecified atom stereocenters. The Labute approximate surface area is 212 Å². The van der Waals surface area contributed by atoms with Crippen molar-refractivity contribution in [3.8, 4) is 28.7 Å². The van der Waals surface area contributed by atoms with Crippen LogP contribution in [0, 0.1) is 5.92 Å². The second-order valence-corrected chi connectivity index (χ2v) is 9.03. The summed E-state index contributed by atoms with van der Waals surface area (Å²) in [7, 11) is 8.19. The van der Waals surface area contributed by atoms with Gasteiger partial charge in [0, 0.05) is 41.1 Å². The minimum Gasteiger partial charge on any atom is -0.497 e. The lowest BCUT2D eigenvalue weighted by Gasteiger charge is -2.48. The van der Waals surface area contributed by atoms with Gasteiger partial charge in [-0.1, -0.05) is 25.1 Å². The lowest BCUT2D eigenvalue weighted by Crippen LogP contribution is -2.50. The monoisotopic (exact) mass is 493 g/mol. The fourth-order valence-electron chi connectivity index (χ4n) is 5.30. The van der Waals surface area contributed by atoms with Gasteiger partial charge in [-0.3, -0.25) is 0 Å². The van der Waals surface area contributed by atoms with Gasteiger partial charge in [0.2, 0.25) is 0 Å². The summed E-state index contributed by atoms with van der Waals surface area (Å²) in [6.45, 7) is 2.04. The first-order valence-corrected chi connectivity index (χ1v) is 12.0. The maximum Gasteiger partial charge on any atom is 0.124 e. The van der Waals surface area contributed by atoms with Crippen molar-refractivity contribution in [2.24, 2.45) is 5.92 Å². The largest absolute Gasteiger partial charge is 0.497 e. The second kappa shape index (κ2) is 10.7. The Balaban J connectivity index is 1.92. The molecule has 0 amide bonds. The summed E-state index contributed by atoms with van der Waals surface area (Å²) < 4.78 is 28.2. The molecule has 0 spiro atoms. The average Bonchev–Trinajstić information content (AvgIpc) is 2.93. The van der Waals surface area contributed by atoms with Crippen LogP contribution in [-0.4, -0.2) is 40.7 Å². The molecule has 4 rings (SSSR count). The summed E-state index contributed by atoms with van der Waals surface area (Å²) in [6.07, 6.45) is 0.390. The maximum absolute atomic E-state index is 12.5. The number of benzene rings is 3. The zero-order valence-corrected chi connectivity index (χ0v) is 21.7. The third-order valence-corrected chi connectivity index (χ3v) is 7.31. The van der Waals surface area contributed by atoms with Gasteiger partial charge in [-0.2, -0.15) is 0 Å². The molecule has 1 heterocycles. The molecule has 4 atom stereocenters. The van der Waals surface area contributed by atoms with Crippen molar-refractivity contribution in [1.82, 2.24) is 5.32 Å². The second-order valence-electron chi connectivity index (χ2n) is 9.03. The van der Waals surface area contributed by atoms with E-state index in [1.807, 2.05) is 67.6 Å². The highest BCUT2D eigenvalue weighted by molar-refractivity contribution is 5.48. The predicted molar refractivity (Wildman–Crippen MR) is 138 cm³/mol. The van der Waals surface area contributed by atoms with Crippen LogP contribution < -0.4 is 29.0 Å². The highest BCUT2D eigenvalue weighted by Gasteiger charge is 2.49. The Bertz CT molecular complexity index is 1200. The first kappa shape index (κ1) is 25.7. The van der Waals surface area contributed by atoms with Gasteiger partial charge in [-0.25, -0.2) is 0 Å². The maximum atomic E-state index is 12.5. The lowest BCUT2D eigenvalue weighted by atomic mass is 9.68. The lowest BCUT2D eigenvalue weighted by molar-refractivity contribution is -0.0760. The van der Waals surface area contributed by atoms with Crippen molar-refractivity contribution in [2.75, 3.05) is 35.5 Å². The van der Waals surface area contributed by atoms with Gasteiger partial charge in [0.25, 0.3) is 0 Å². The normalized spacial score (nSPS) is 23.6. The molecule has 7 heteroatoms. The molecule has 0 aromatic heterocycles. The molecular weight excluding hydrogens is 458 g/mol. The highest BCUT2D eigenvalue weighted by Crippen LogP contribution is 2.53. The van der Waals surface area contributed by atoms with E-state index in [1.165, 1.54) is 0 Å². The van der Waals surface area contributed by atoms with Gasteiger partial charge >= 0.3 is 0 Å². The predicted octanol–water partition coefficient (Wildman–Crippen LogP) is 5.03. The molecule has 1 aliphatic heterocycles. The van der Waals surface area contributed by atoms with Crippen molar-refractivity contribution in [1.29, 1.82) is 0 Å². The Morgan fingerprint density at radius 1 is 0.722 bits per heavy atom. The standard InChI is InChI=1S/C29H35NO6/c1-18-28(22-16-20(33-3)12-14-26(22)35-5)30-24(21-15-19(32-2)11-13-25(21)34-4)17-29(18,31)23-9-7-8-10-27(23)36-6/h7-16,18,24,28,30-31H,17H2,1-6H3/t18-,24-,28-,29-/m0/s1. The van der Waals surface area contributed by atoms with Crippen molar-refractivity contribution in [2.45, 2.75) is 31.0 Å². The van der Waals surface area contributed by atoms with Crippen molar-refractivity contribution < 1.29 is 28.8 Å². The minimum atomic E-state index is -1.24. The van der Waals surface area contributed by atoms with Gasteiger partial charge in [-0.15, -0.1) is 0 Å². The van der Waals surface area contributed by atoms with Gasteiger partial charge < -0.3 is 34.1 Å². The highest BCUT2D eigenvalue weighted by atomic mass is 16.5. The quantitative estimate of drug-likeness (QED) is 0.456. The van der Waals surface area contributed by atoms with Crippen LogP contribution in [0.3, 0.4) is 0 Å². The van der Waals surface area contributed by atoms with Crippen molar-refractivity contribution in [3.05, 3.63) is 77.4 Å². The molecule has 1 aliphatic rings. The molecule has 192 valence electrons. The molecule has 0 bridgehead atoms. The van der Waals surface area contributed by atoms with Crippen LogP contribution in [0.1, 0.15) is 42.1 Å². The molecule has 3 aromatic carbocycles. The SMILES string of the molecule is COc1ccc(OC)c([C@@H]2C[C@@](O)(c3ccccc3OC)[C@@H](C)[C@@H](c3cc(OC)ccc3OC)N2)c1. The van der Waals surface area contributed by atoms with Crippen molar-refractivity contribution in [3.63, 3.8) is 0 Å². The number of hydrogen-bond donors (Lipinski definition) is 2. The van der Waals surface area contributed by atoms with Crippen LogP contribution in [0.15, 0.2) is 60.7 Å². The molecule has 7 nitrogen and oxygen atoms in total. The van der Waals surface area contributed by atoms with E-state index in [0.29, 0.717) is 35.2 Å². The number of aliphatic hydroxyl groups is 1. The summed E-state index contributed by atoms with van der Waals surface area (Å²) in [5.74, 6) is 3.22. The summed E-state index contributed by atoms with van der Waals surface area (Å²) in [6, 6.07) is 18.5. The third kappa shape index (κ3) is 4.56. The topological polar surface area (TPSA) is 78.4 Å². The van der Waals surface area contributed by atoms with Crippen LogP contribution in [0.2, 0.25) is 0 Å². The van der Waals surface area contributed by atoms with E-state index in [4.69, 9.17) is 23.7 Å². The van der Waals surface area contributed by atoms with Crippen LogP contribution in [0.25, 0.3) is 0 Å². The molecule has 0 saturated carbocycles. The molecular formula is C29H35NO6. The van der Waals surface area contributed by atoms with E-state index in [2.05, 4.69) is 5.32 Å². The number of piperidine rings is 1. The Hall–Kier alpha value is -3.42. The molecule has 1 saturated heterocycles. The fourth-order valence-corrected chi connectivity index (χ4v) is 5.30. The summed E-state index contributed by atoms with van der Waals surface area (Å²) in [5.41, 5.74) is 1.28. The summed E-state index contributed by atoms with van der Waals surface area (Å²) >= 11 is 0. The third-order valence-electron chi connectivity index (χ3n) is 7.31. The number of rotatable bonds is 8. The molecule has 2 N–H and O–H groups in total. The van der Waals surface area contributed by atoms with Crippen LogP contribution in [-0.2, 0) is 5.60 Å². The van der Waals surface area contributed by atoms with E-state index in [0.717, 1.165) is 16.7 Å². The van der Waals surface area contributed by atoms with Crippen LogP contribution in [0.5, 0.6) is 28.7 Å². The van der Waals surface area contributed by atoms with E-state index in [1.54, 1.807) is 35.5 Å². The average molecular weight is 494 g/mol. The summed E-state index contributed by atoms with van der Waals surface area (Å²) in [4.78, 5) is 0. The van der Waals surface area contributed by atoms with Gasteiger partial charge in [-0.05, 0) is 42.5 Å². The van der Waals surface area contributed by atoms with Gasteiger partial charge in [0.15, 0.2) is 0 Å². The zero-order chi connectivity index (χ0) is 25.9. The first-order chi connectivity index (χ1) is 17.4. The van der Waals surface area contributed by atoms with E-state index < -0.39 is 5.60 Å². The van der Waals surface area contributed by atoms with Crippen molar-refractivity contribution >= 4 is 0 Å². The van der Waals surface area contributed by atoms with E-state index >= 15 is 0 Å². The Kier molecular flexibility index (Phi) is 7.62. The number of hydrogen-bond acceptors (Lipinski definition) is 7. The number of para-hydroxylation sites is 1. The number of nitrogens with one attached hydrogen (secondary N) is 1. The van der Waals surface area contributed by atoms with E-state index in [-0.39, 0.29) is 18.0 Å². The van der Waals surface area contributed by atoms with Gasteiger partial charge in [0.1, 0.15) is 28.7 Å². The van der Waals surface area contributed by atoms with E-state index in [9.17, 15) is 5.11 Å². The molecule has 0 aliphatic carbocycles. The minimum absolute atomic E-state index is 0.261.